The molecule has 0 atom stereocenters. The summed E-state index contributed by atoms with van der Waals surface area (Å²) in [6.45, 7) is 11.6. The Morgan fingerprint density at radius 2 is 1.50 bits per heavy atom. The highest BCUT2D eigenvalue weighted by molar-refractivity contribution is 6.77. The molecule has 2 aromatic carbocycles. The van der Waals surface area contributed by atoms with Crippen LogP contribution in [0.2, 0.25) is 23.9 Å². The minimum Gasteiger partial charge on any atom is -0.428 e. The third kappa shape index (κ3) is 6.83. The van der Waals surface area contributed by atoms with Gasteiger partial charge in [-0.15, -0.1) is 0 Å². The number of hydrogen-bond donors (Lipinski definition) is 0. The summed E-state index contributed by atoms with van der Waals surface area (Å²) in [7, 11) is -1.99. The minimum atomic E-state index is -4.36. The predicted octanol–water partition coefficient (Wildman–Crippen LogP) is 9.68. The lowest BCUT2D eigenvalue weighted by Gasteiger charge is -2.36. The second-order valence-electron chi connectivity index (χ2n) is 12.5. The SMILES string of the molecule is CC(C)(C)[Si](C)(C)OCC/C(=C(/B1OC2CCCC1CCC2)c1ccccc1)c1ccc(C(F)(F)F)cc1. The van der Waals surface area contributed by atoms with Crippen molar-refractivity contribution in [1.29, 1.82) is 0 Å². The molecule has 0 aliphatic carbocycles. The average Bonchev–Trinajstić information content (AvgIpc) is 3.16. The molecule has 0 spiro atoms. The van der Waals surface area contributed by atoms with Crippen LogP contribution >= 0.6 is 0 Å². The molecule has 2 fully saturated rings. The van der Waals surface area contributed by atoms with E-state index in [0.29, 0.717) is 18.8 Å². The molecule has 206 valence electrons. The Morgan fingerprint density at radius 3 is 2.05 bits per heavy atom. The Labute approximate surface area is 228 Å². The first-order chi connectivity index (χ1) is 17.9. The van der Waals surface area contributed by atoms with Crippen LogP contribution in [0.1, 0.15) is 82.4 Å². The van der Waals surface area contributed by atoms with Crippen LogP contribution in [-0.2, 0) is 15.3 Å². The van der Waals surface area contributed by atoms with Gasteiger partial charge in [-0.3, -0.25) is 0 Å². The minimum absolute atomic E-state index is 0.0717. The van der Waals surface area contributed by atoms with Crippen LogP contribution in [0.4, 0.5) is 13.2 Å². The Bertz CT molecular complexity index is 1080. The summed E-state index contributed by atoms with van der Waals surface area (Å²) in [5.41, 5.74) is 3.45. The second-order valence-corrected chi connectivity index (χ2v) is 17.3. The van der Waals surface area contributed by atoms with E-state index < -0.39 is 20.1 Å². The van der Waals surface area contributed by atoms with Gasteiger partial charge >= 0.3 is 13.1 Å². The van der Waals surface area contributed by atoms with Crippen LogP contribution in [0.25, 0.3) is 11.0 Å². The lowest BCUT2D eigenvalue weighted by Crippen LogP contribution is -2.41. The van der Waals surface area contributed by atoms with Crippen molar-refractivity contribution in [3.05, 3.63) is 71.3 Å². The quantitative estimate of drug-likeness (QED) is 0.256. The van der Waals surface area contributed by atoms with E-state index in [1.807, 2.05) is 18.2 Å². The van der Waals surface area contributed by atoms with Crippen LogP contribution < -0.4 is 0 Å². The summed E-state index contributed by atoms with van der Waals surface area (Å²) >= 11 is 0. The Kier molecular flexibility index (Phi) is 9.00. The molecule has 2 nitrogen and oxygen atoms in total. The fraction of sp³-hybridized carbons (Fsp3) is 0.548. The van der Waals surface area contributed by atoms with Gasteiger partial charge in [0.25, 0.3) is 0 Å². The maximum absolute atomic E-state index is 13.4. The number of alkyl halides is 3. The van der Waals surface area contributed by atoms with Crippen molar-refractivity contribution < 1.29 is 22.3 Å². The van der Waals surface area contributed by atoms with Gasteiger partial charge in [-0.1, -0.05) is 88.9 Å². The average molecular weight is 543 g/mol. The summed E-state index contributed by atoms with van der Waals surface area (Å²) in [4.78, 5) is 0. The molecule has 2 saturated heterocycles. The summed E-state index contributed by atoms with van der Waals surface area (Å²) in [5.74, 6) is 0.406. The summed E-state index contributed by atoms with van der Waals surface area (Å²) in [6, 6.07) is 16.0. The van der Waals surface area contributed by atoms with E-state index in [1.54, 1.807) is 12.1 Å². The Balaban J connectivity index is 1.83. The Hall–Kier alpha value is -1.83. The van der Waals surface area contributed by atoms with Crippen LogP contribution in [0.3, 0.4) is 0 Å². The molecule has 2 aromatic rings. The van der Waals surface area contributed by atoms with Crippen LogP contribution in [0, 0.1) is 0 Å². The fourth-order valence-corrected chi connectivity index (χ4v) is 6.66. The van der Waals surface area contributed by atoms with Crippen LogP contribution in [0.15, 0.2) is 54.6 Å². The molecule has 2 aliphatic rings. The molecular formula is C31H42BF3O2Si. The lowest BCUT2D eigenvalue weighted by atomic mass is 9.46. The second kappa shape index (κ2) is 11.7. The molecule has 0 aromatic heterocycles. The molecule has 0 amide bonds. The summed E-state index contributed by atoms with van der Waals surface area (Å²) in [6.07, 6.45) is 3.24. The number of benzene rings is 2. The van der Waals surface area contributed by atoms with Gasteiger partial charge in [0.05, 0.1) is 5.56 Å². The molecular weight excluding hydrogens is 500 g/mol. The zero-order valence-electron chi connectivity index (χ0n) is 23.5. The van der Waals surface area contributed by atoms with Crippen molar-refractivity contribution in [3.8, 4) is 0 Å². The number of halogens is 3. The van der Waals surface area contributed by atoms with Gasteiger partial charge in [-0.05, 0) is 77.5 Å². The van der Waals surface area contributed by atoms with Gasteiger partial charge in [0.15, 0.2) is 8.32 Å². The Morgan fingerprint density at radius 1 is 0.895 bits per heavy atom. The van der Waals surface area contributed by atoms with Gasteiger partial charge in [0.2, 0.25) is 0 Å². The summed E-state index contributed by atoms with van der Waals surface area (Å²) < 4.78 is 53.7. The molecule has 0 unspecified atom stereocenters. The normalized spacial score (nSPS) is 21.6. The van der Waals surface area contributed by atoms with E-state index >= 15 is 0 Å². The lowest BCUT2D eigenvalue weighted by molar-refractivity contribution is -0.137. The smallest absolute Gasteiger partial charge is 0.416 e. The largest absolute Gasteiger partial charge is 0.428 e. The highest BCUT2D eigenvalue weighted by Crippen LogP contribution is 2.45. The number of fused-ring (bicyclic) bond motifs is 3. The maximum atomic E-state index is 13.4. The monoisotopic (exact) mass is 542 g/mol. The standard InChI is InChI=1S/C31H42BF3O2Si/c1-30(2,3)38(4,5)36-22-21-28(23-17-19-25(20-18-23)31(33,34)35)29(24-11-7-6-8-12-24)32-26-13-9-15-27(37-32)16-10-14-26/h6-8,11-12,17-20,26-27H,9-10,13-16,21-22H2,1-5H3/b29-28-. The number of hydrogen-bond acceptors (Lipinski definition) is 2. The highest BCUT2D eigenvalue weighted by Gasteiger charge is 2.41. The first kappa shape index (κ1) is 29.2. The fourth-order valence-electron chi connectivity index (χ4n) is 5.61. The van der Waals surface area contributed by atoms with Gasteiger partial charge < -0.3 is 9.08 Å². The summed E-state index contributed by atoms with van der Waals surface area (Å²) in [5, 5.41) is 0.0783. The van der Waals surface area contributed by atoms with Gasteiger partial charge in [-0.25, -0.2) is 0 Å². The van der Waals surface area contributed by atoms with Crippen molar-refractivity contribution in [2.75, 3.05) is 6.61 Å². The zero-order valence-corrected chi connectivity index (χ0v) is 24.5. The van der Waals surface area contributed by atoms with Crippen molar-refractivity contribution in [1.82, 2.24) is 0 Å². The third-order valence-electron chi connectivity index (χ3n) is 8.85. The first-order valence-electron chi connectivity index (χ1n) is 14.1. The van der Waals surface area contributed by atoms with Crippen LogP contribution in [0.5, 0.6) is 0 Å². The molecule has 2 heterocycles. The highest BCUT2D eigenvalue weighted by atomic mass is 28.4. The topological polar surface area (TPSA) is 18.5 Å². The third-order valence-corrected chi connectivity index (χ3v) is 13.4. The van der Waals surface area contributed by atoms with Crippen LogP contribution in [-0.4, -0.2) is 27.9 Å². The molecule has 0 saturated carbocycles. The van der Waals surface area contributed by atoms with Gasteiger partial charge in [0, 0.05) is 12.7 Å². The zero-order chi connectivity index (χ0) is 27.6. The van der Waals surface area contributed by atoms with Gasteiger partial charge in [0.1, 0.15) is 0 Å². The predicted molar refractivity (Wildman–Crippen MR) is 155 cm³/mol. The van der Waals surface area contributed by atoms with E-state index in [9.17, 15) is 13.2 Å². The number of rotatable bonds is 7. The van der Waals surface area contributed by atoms with E-state index in [-0.39, 0.29) is 18.1 Å². The molecule has 4 rings (SSSR count). The van der Waals surface area contributed by atoms with E-state index in [0.717, 1.165) is 60.7 Å². The van der Waals surface area contributed by atoms with Gasteiger partial charge in [-0.2, -0.15) is 13.2 Å². The molecule has 0 radical (unpaired) electrons. The molecule has 2 aliphatic heterocycles. The molecule has 38 heavy (non-hydrogen) atoms. The molecule has 7 heteroatoms. The maximum Gasteiger partial charge on any atom is 0.416 e. The molecule has 2 bridgehead atoms. The van der Waals surface area contributed by atoms with E-state index in [1.165, 1.54) is 12.1 Å². The first-order valence-corrected chi connectivity index (χ1v) is 17.0. The molecule has 0 N–H and O–H groups in total. The van der Waals surface area contributed by atoms with Crippen molar-refractivity contribution in [2.24, 2.45) is 0 Å². The van der Waals surface area contributed by atoms with Crippen molar-refractivity contribution in [3.63, 3.8) is 0 Å². The van der Waals surface area contributed by atoms with E-state index in [2.05, 4.69) is 46.0 Å². The van der Waals surface area contributed by atoms with E-state index in [4.69, 9.17) is 9.08 Å². The van der Waals surface area contributed by atoms with Crippen molar-refractivity contribution >= 4 is 26.3 Å². The van der Waals surface area contributed by atoms with Crippen molar-refractivity contribution in [2.45, 2.75) is 102 Å².